The van der Waals surface area contributed by atoms with Gasteiger partial charge in [-0.3, -0.25) is 0 Å². The van der Waals surface area contributed by atoms with E-state index in [0.29, 0.717) is 12.1 Å². The molecule has 1 rings (SSSR count). The molecule has 0 saturated carbocycles. The van der Waals surface area contributed by atoms with Crippen molar-refractivity contribution >= 4 is 11.6 Å². The lowest BCUT2D eigenvalue weighted by Gasteiger charge is -2.16. The third-order valence-electron chi connectivity index (χ3n) is 1.98. The Hall–Kier alpha value is -0.910. The fraction of sp³-hybridized carbons (Fsp3) is 0.333. The van der Waals surface area contributed by atoms with Crippen molar-refractivity contribution in [2.45, 2.75) is 19.3 Å². The van der Waals surface area contributed by atoms with Crippen LogP contribution in [0.25, 0.3) is 0 Å². The van der Waals surface area contributed by atoms with E-state index in [1.807, 2.05) is 0 Å². The molecule has 0 nitrogen and oxygen atoms in total. The van der Waals surface area contributed by atoms with E-state index in [2.05, 4.69) is 0 Å². The second-order valence-electron chi connectivity index (χ2n) is 3.12. The lowest BCUT2D eigenvalue weighted by molar-refractivity contribution is -0.143. The molecular formula is C9H5ClF6. The molecule has 0 radical (unpaired) electrons. The molecule has 0 bridgehead atoms. The van der Waals surface area contributed by atoms with Gasteiger partial charge in [0, 0.05) is 5.02 Å². The van der Waals surface area contributed by atoms with Gasteiger partial charge in [-0.2, -0.15) is 26.3 Å². The molecule has 0 spiro atoms. The first kappa shape index (κ1) is 13.2. The number of halogens is 7. The third kappa shape index (κ3) is 2.61. The van der Waals surface area contributed by atoms with Crippen LogP contribution in [0.4, 0.5) is 26.3 Å². The highest BCUT2D eigenvalue weighted by molar-refractivity contribution is 6.30. The normalized spacial score (nSPS) is 13.0. The highest BCUT2D eigenvalue weighted by atomic mass is 35.5. The summed E-state index contributed by atoms with van der Waals surface area (Å²) in [6, 6.07) is 0.957. The van der Waals surface area contributed by atoms with Gasteiger partial charge in [0.15, 0.2) is 0 Å². The molecular weight excluding hydrogens is 258 g/mol. The molecule has 0 fully saturated rings. The second kappa shape index (κ2) is 3.84. The van der Waals surface area contributed by atoms with E-state index >= 15 is 0 Å². The molecule has 1 aromatic rings. The highest BCUT2D eigenvalue weighted by Gasteiger charge is 2.39. The molecule has 0 unspecified atom stereocenters. The van der Waals surface area contributed by atoms with Gasteiger partial charge >= 0.3 is 12.4 Å². The van der Waals surface area contributed by atoms with Crippen molar-refractivity contribution in [3.05, 3.63) is 33.8 Å². The van der Waals surface area contributed by atoms with Gasteiger partial charge < -0.3 is 0 Å². The molecule has 0 amide bonds. The predicted octanol–water partition coefficient (Wildman–Crippen LogP) is 4.69. The molecule has 0 aliphatic carbocycles. The van der Waals surface area contributed by atoms with Crippen molar-refractivity contribution in [2.24, 2.45) is 0 Å². The molecule has 1 aromatic carbocycles. The van der Waals surface area contributed by atoms with E-state index < -0.39 is 34.1 Å². The summed E-state index contributed by atoms with van der Waals surface area (Å²) in [5, 5.41) is -0.592. The Balaban J connectivity index is 3.51. The zero-order chi connectivity index (χ0) is 12.7. The van der Waals surface area contributed by atoms with Gasteiger partial charge in [-0.1, -0.05) is 11.6 Å². The van der Waals surface area contributed by atoms with Crippen LogP contribution in [-0.4, -0.2) is 0 Å². The van der Waals surface area contributed by atoms with Gasteiger partial charge in [0.25, 0.3) is 0 Å². The van der Waals surface area contributed by atoms with Crippen LogP contribution < -0.4 is 0 Å². The zero-order valence-corrected chi connectivity index (χ0v) is 8.56. The van der Waals surface area contributed by atoms with Crippen molar-refractivity contribution in [1.82, 2.24) is 0 Å². The molecule has 0 aromatic heterocycles. The van der Waals surface area contributed by atoms with Crippen molar-refractivity contribution in [3.63, 3.8) is 0 Å². The predicted molar refractivity (Wildman–Crippen MR) is 46.2 cm³/mol. The summed E-state index contributed by atoms with van der Waals surface area (Å²) >= 11 is 5.23. The van der Waals surface area contributed by atoms with E-state index in [9.17, 15) is 26.3 Å². The van der Waals surface area contributed by atoms with E-state index in [0.717, 1.165) is 6.92 Å². The number of hydrogen-bond acceptors (Lipinski definition) is 0. The minimum atomic E-state index is -4.85. The van der Waals surface area contributed by atoms with Crippen LogP contribution in [0.1, 0.15) is 16.7 Å². The zero-order valence-electron chi connectivity index (χ0n) is 7.80. The van der Waals surface area contributed by atoms with E-state index in [4.69, 9.17) is 11.6 Å². The fourth-order valence-electron chi connectivity index (χ4n) is 1.27. The number of benzene rings is 1. The lowest BCUT2D eigenvalue weighted by atomic mass is 10.0. The topological polar surface area (TPSA) is 0 Å². The lowest BCUT2D eigenvalue weighted by Crippen LogP contribution is -2.14. The number of hydrogen-bond donors (Lipinski definition) is 0. The Kier molecular flexibility index (Phi) is 3.15. The monoisotopic (exact) mass is 262 g/mol. The highest BCUT2D eigenvalue weighted by Crippen LogP contribution is 2.40. The first-order valence-corrected chi connectivity index (χ1v) is 4.36. The van der Waals surface area contributed by atoms with Gasteiger partial charge in [-0.05, 0) is 24.6 Å². The van der Waals surface area contributed by atoms with E-state index in [1.165, 1.54) is 0 Å². The quantitative estimate of drug-likeness (QED) is 0.595. The largest absolute Gasteiger partial charge is 0.416 e. The second-order valence-corrected chi connectivity index (χ2v) is 3.56. The van der Waals surface area contributed by atoms with Gasteiger partial charge in [0.05, 0.1) is 11.1 Å². The van der Waals surface area contributed by atoms with E-state index in [1.54, 1.807) is 0 Å². The summed E-state index contributed by atoms with van der Waals surface area (Å²) in [5.74, 6) is 0. The van der Waals surface area contributed by atoms with Crippen LogP contribution in [0.15, 0.2) is 12.1 Å². The molecule has 16 heavy (non-hydrogen) atoms. The summed E-state index contributed by atoms with van der Waals surface area (Å²) in [6.07, 6.45) is -9.70. The average molecular weight is 263 g/mol. The van der Waals surface area contributed by atoms with Gasteiger partial charge in [-0.15, -0.1) is 0 Å². The summed E-state index contributed by atoms with van der Waals surface area (Å²) in [4.78, 5) is 0. The van der Waals surface area contributed by atoms with Crippen LogP contribution in [0.2, 0.25) is 5.02 Å². The van der Waals surface area contributed by atoms with Crippen molar-refractivity contribution in [1.29, 1.82) is 0 Å². The van der Waals surface area contributed by atoms with Gasteiger partial charge in [0.1, 0.15) is 0 Å². The molecule has 7 heteroatoms. The molecule has 0 saturated heterocycles. The summed E-state index contributed by atoms with van der Waals surface area (Å²) < 4.78 is 74.2. The molecule has 90 valence electrons. The Bertz CT molecular complexity index is 368. The minimum Gasteiger partial charge on any atom is -0.166 e. The third-order valence-corrected chi connectivity index (χ3v) is 2.20. The molecule has 0 N–H and O–H groups in total. The average Bonchev–Trinajstić information content (AvgIpc) is 2.04. The van der Waals surface area contributed by atoms with Crippen molar-refractivity contribution < 1.29 is 26.3 Å². The minimum absolute atomic E-state index is 0.478. The summed E-state index contributed by atoms with van der Waals surface area (Å²) in [6.45, 7) is 0.766. The fourth-order valence-corrected chi connectivity index (χ4v) is 1.49. The van der Waals surface area contributed by atoms with Crippen LogP contribution in [0, 0.1) is 6.92 Å². The Morgan fingerprint density at radius 3 is 1.44 bits per heavy atom. The SMILES string of the molecule is Cc1c(C(F)(F)F)cc(Cl)cc1C(F)(F)F. The van der Waals surface area contributed by atoms with E-state index in [-0.39, 0.29) is 0 Å². The van der Waals surface area contributed by atoms with Crippen LogP contribution in [0.3, 0.4) is 0 Å². The van der Waals surface area contributed by atoms with Crippen LogP contribution >= 0.6 is 11.6 Å². The molecule has 0 aliphatic rings. The molecule has 0 heterocycles. The maximum absolute atomic E-state index is 12.4. The van der Waals surface area contributed by atoms with Crippen molar-refractivity contribution in [3.8, 4) is 0 Å². The summed E-state index contributed by atoms with van der Waals surface area (Å²) in [7, 11) is 0. The smallest absolute Gasteiger partial charge is 0.166 e. The molecule has 0 aliphatic heterocycles. The standard InChI is InChI=1S/C9H5ClF6/c1-4-6(8(11,12)13)2-5(10)3-7(4)9(14,15)16/h2-3H,1H3. The number of rotatable bonds is 0. The first-order chi connectivity index (χ1) is 7.03. The van der Waals surface area contributed by atoms with Crippen LogP contribution in [-0.2, 0) is 12.4 Å². The Morgan fingerprint density at radius 1 is 0.875 bits per heavy atom. The Morgan fingerprint density at radius 2 is 1.19 bits per heavy atom. The van der Waals surface area contributed by atoms with Gasteiger partial charge in [-0.25, -0.2) is 0 Å². The van der Waals surface area contributed by atoms with Crippen molar-refractivity contribution in [2.75, 3.05) is 0 Å². The maximum atomic E-state index is 12.4. The Labute approximate surface area is 91.8 Å². The van der Waals surface area contributed by atoms with Gasteiger partial charge in [0.2, 0.25) is 0 Å². The molecule has 0 atom stereocenters. The first-order valence-electron chi connectivity index (χ1n) is 3.98. The van der Waals surface area contributed by atoms with Crippen LogP contribution in [0.5, 0.6) is 0 Å². The maximum Gasteiger partial charge on any atom is 0.416 e. The summed E-state index contributed by atoms with van der Waals surface area (Å²) in [5.41, 5.74) is -3.61. The number of alkyl halides is 6.